The largest absolute Gasteiger partial charge is 0.435 e. The van der Waals surface area contributed by atoms with Gasteiger partial charge in [0.15, 0.2) is 0 Å². The van der Waals surface area contributed by atoms with Gasteiger partial charge in [-0.2, -0.15) is 26.3 Å². The highest BCUT2D eigenvalue weighted by molar-refractivity contribution is 5.78. The molecule has 1 N–H and O–H groups in total. The first-order valence-electron chi connectivity index (χ1n) is 5.29. The number of rotatable bonds is 1. The Labute approximate surface area is 111 Å². The van der Waals surface area contributed by atoms with E-state index in [9.17, 15) is 35.5 Å². The van der Waals surface area contributed by atoms with Gasteiger partial charge in [0.25, 0.3) is 0 Å². The molecule has 114 valence electrons. The number of alkyl halides is 7. The van der Waals surface area contributed by atoms with Gasteiger partial charge in [-0.05, 0) is 12.1 Å². The molecule has 0 saturated heterocycles. The zero-order valence-corrected chi connectivity index (χ0v) is 9.81. The van der Waals surface area contributed by atoms with Crippen LogP contribution in [0, 0.1) is 0 Å². The Morgan fingerprint density at radius 1 is 0.952 bits per heavy atom. The Balaban J connectivity index is 2.72. The van der Waals surface area contributed by atoms with Crippen molar-refractivity contribution in [2.24, 2.45) is 0 Å². The Hall–Kier alpha value is -2.13. The van der Waals surface area contributed by atoms with Gasteiger partial charge in [-0.25, -0.2) is 14.2 Å². The highest BCUT2D eigenvalue weighted by Gasteiger charge is 2.73. The molecule has 0 saturated carbocycles. The summed E-state index contributed by atoms with van der Waals surface area (Å²) in [6, 6.07) is 1.41. The molecule has 0 aliphatic heterocycles. The van der Waals surface area contributed by atoms with Gasteiger partial charge in [-0.1, -0.05) is 6.07 Å². The molecule has 3 nitrogen and oxygen atoms in total. The molecule has 0 amide bonds. The molecular formula is C11H5F7N2O. The molecule has 0 radical (unpaired) electrons. The van der Waals surface area contributed by atoms with Crippen molar-refractivity contribution in [3.63, 3.8) is 0 Å². The summed E-state index contributed by atoms with van der Waals surface area (Å²) >= 11 is 0. The summed E-state index contributed by atoms with van der Waals surface area (Å²) in [7, 11) is 0. The van der Waals surface area contributed by atoms with E-state index in [0.717, 1.165) is 12.3 Å². The SMILES string of the molecule is O=c1ncc2cc(C(F)(C(F)(F)F)C(F)(F)F)ccc2[nH]1. The van der Waals surface area contributed by atoms with Gasteiger partial charge in [-0.15, -0.1) is 0 Å². The van der Waals surface area contributed by atoms with Crippen LogP contribution in [-0.2, 0) is 5.67 Å². The third-order valence-electron chi connectivity index (χ3n) is 2.79. The number of nitrogens with one attached hydrogen (secondary N) is 1. The molecule has 1 aromatic carbocycles. The lowest BCUT2D eigenvalue weighted by molar-refractivity contribution is -0.348. The van der Waals surface area contributed by atoms with Crippen molar-refractivity contribution < 1.29 is 30.7 Å². The zero-order valence-electron chi connectivity index (χ0n) is 9.81. The number of fused-ring (bicyclic) bond motifs is 1. The molecular weight excluding hydrogens is 309 g/mol. The van der Waals surface area contributed by atoms with Gasteiger partial charge < -0.3 is 4.98 Å². The first-order chi connectivity index (χ1) is 9.47. The fraction of sp³-hybridized carbons (Fsp3) is 0.273. The molecule has 0 atom stereocenters. The van der Waals surface area contributed by atoms with Gasteiger partial charge in [0.2, 0.25) is 0 Å². The van der Waals surface area contributed by atoms with Gasteiger partial charge in [0.05, 0.1) is 5.52 Å². The van der Waals surface area contributed by atoms with Crippen molar-refractivity contribution in [3.8, 4) is 0 Å². The predicted octanol–water partition coefficient (Wildman–Crippen LogP) is 3.21. The first kappa shape index (κ1) is 15.3. The van der Waals surface area contributed by atoms with Crippen LogP contribution in [0.1, 0.15) is 5.56 Å². The lowest BCUT2D eigenvalue weighted by Crippen LogP contribution is -2.50. The van der Waals surface area contributed by atoms with E-state index in [1.165, 1.54) is 0 Å². The number of benzene rings is 1. The zero-order chi connectivity index (χ0) is 16.1. The van der Waals surface area contributed by atoms with Crippen molar-refractivity contribution in [1.29, 1.82) is 0 Å². The highest BCUT2D eigenvalue weighted by Crippen LogP contribution is 2.53. The fourth-order valence-corrected chi connectivity index (χ4v) is 1.76. The maximum Gasteiger partial charge on any atom is 0.435 e. The van der Waals surface area contributed by atoms with Gasteiger partial charge in [0, 0.05) is 17.1 Å². The van der Waals surface area contributed by atoms with Crippen LogP contribution in [0.2, 0.25) is 0 Å². The second-order valence-corrected chi connectivity index (χ2v) is 4.14. The normalized spacial score (nSPS) is 13.7. The minimum atomic E-state index is -6.19. The van der Waals surface area contributed by atoms with E-state index in [1.54, 1.807) is 0 Å². The van der Waals surface area contributed by atoms with Gasteiger partial charge in [-0.3, -0.25) is 0 Å². The third-order valence-corrected chi connectivity index (χ3v) is 2.79. The van der Waals surface area contributed by atoms with Crippen molar-refractivity contribution >= 4 is 10.9 Å². The fourth-order valence-electron chi connectivity index (χ4n) is 1.76. The van der Waals surface area contributed by atoms with Crippen LogP contribution in [0.4, 0.5) is 30.7 Å². The van der Waals surface area contributed by atoms with Crippen LogP contribution in [0.15, 0.2) is 29.2 Å². The van der Waals surface area contributed by atoms with Crippen LogP contribution < -0.4 is 5.69 Å². The summed E-state index contributed by atoms with van der Waals surface area (Å²) < 4.78 is 89.3. The van der Waals surface area contributed by atoms with E-state index in [0.29, 0.717) is 12.1 Å². The lowest BCUT2D eigenvalue weighted by atomic mass is 9.93. The Kier molecular flexibility index (Phi) is 3.22. The third kappa shape index (κ3) is 2.34. The van der Waals surface area contributed by atoms with E-state index in [2.05, 4.69) is 9.97 Å². The number of nitrogens with zero attached hydrogens (tertiary/aromatic N) is 1. The number of aromatic nitrogens is 2. The average molecular weight is 314 g/mol. The molecule has 0 bridgehead atoms. The van der Waals surface area contributed by atoms with E-state index in [1.807, 2.05) is 0 Å². The Morgan fingerprint density at radius 3 is 2.05 bits per heavy atom. The Morgan fingerprint density at radius 2 is 1.52 bits per heavy atom. The van der Waals surface area contributed by atoms with Crippen molar-refractivity contribution in [2.75, 3.05) is 0 Å². The van der Waals surface area contributed by atoms with Crippen LogP contribution in [0.5, 0.6) is 0 Å². The van der Waals surface area contributed by atoms with Crippen molar-refractivity contribution in [3.05, 3.63) is 40.4 Å². The van der Waals surface area contributed by atoms with Crippen LogP contribution >= 0.6 is 0 Å². The molecule has 0 fully saturated rings. The predicted molar refractivity (Wildman–Crippen MR) is 57.3 cm³/mol. The van der Waals surface area contributed by atoms with Gasteiger partial charge >= 0.3 is 23.7 Å². The molecule has 21 heavy (non-hydrogen) atoms. The van der Waals surface area contributed by atoms with E-state index in [-0.39, 0.29) is 10.9 Å². The Bertz CT molecular complexity index is 718. The minimum Gasteiger partial charge on any atom is -0.305 e. The van der Waals surface area contributed by atoms with E-state index < -0.39 is 29.3 Å². The van der Waals surface area contributed by atoms with E-state index in [4.69, 9.17) is 0 Å². The summed E-state index contributed by atoms with van der Waals surface area (Å²) in [4.78, 5) is 16.1. The second kappa shape index (κ2) is 4.43. The van der Waals surface area contributed by atoms with Crippen molar-refractivity contribution in [1.82, 2.24) is 9.97 Å². The maximum absolute atomic E-state index is 13.8. The van der Waals surface area contributed by atoms with Crippen LogP contribution in [0.25, 0.3) is 10.9 Å². The first-order valence-corrected chi connectivity index (χ1v) is 5.29. The summed E-state index contributed by atoms with van der Waals surface area (Å²) in [6.45, 7) is 0. The molecule has 0 aliphatic rings. The summed E-state index contributed by atoms with van der Waals surface area (Å²) in [5.74, 6) is 0. The lowest BCUT2D eigenvalue weighted by Gasteiger charge is -2.30. The molecule has 0 spiro atoms. The van der Waals surface area contributed by atoms with Crippen LogP contribution in [0.3, 0.4) is 0 Å². The second-order valence-electron chi connectivity index (χ2n) is 4.14. The van der Waals surface area contributed by atoms with Crippen LogP contribution in [-0.4, -0.2) is 22.3 Å². The smallest absolute Gasteiger partial charge is 0.305 e. The molecule has 10 heteroatoms. The average Bonchev–Trinajstić information content (AvgIpc) is 2.34. The molecule has 0 unspecified atom stereocenters. The molecule has 0 aliphatic carbocycles. The summed E-state index contributed by atoms with van der Waals surface area (Å²) in [6.07, 6.45) is -11.6. The maximum atomic E-state index is 13.8. The number of hydrogen-bond acceptors (Lipinski definition) is 2. The standard InChI is InChI=1S/C11H5F7N2O/c12-9(10(13,14)15,11(16,17)18)6-1-2-7-5(3-6)4-19-8(21)20-7/h1-4H,(H,19,20,21). The number of aromatic amines is 1. The van der Waals surface area contributed by atoms with E-state index >= 15 is 0 Å². The summed E-state index contributed by atoms with van der Waals surface area (Å²) in [5.41, 5.74) is -8.05. The van der Waals surface area contributed by atoms with Crippen molar-refractivity contribution in [2.45, 2.75) is 18.0 Å². The number of H-pyrrole nitrogens is 1. The minimum absolute atomic E-state index is 0.0644. The topological polar surface area (TPSA) is 45.8 Å². The van der Waals surface area contributed by atoms with Gasteiger partial charge in [0.1, 0.15) is 0 Å². The molecule has 2 aromatic rings. The monoisotopic (exact) mass is 314 g/mol. The quantitative estimate of drug-likeness (QED) is 0.822. The number of halogens is 7. The molecule has 2 rings (SSSR count). The molecule has 1 heterocycles. The highest BCUT2D eigenvalue weighted by atomic mass is 19.4. The summed E-state index contributed by atoms with van der Waals surface area (Å²) in [5, 5.41) is -0.261. The number of hydrogen-bond donors (Lipinski definition) is 1. The molecule has 1 aromatic heterocycles.